The number of aromatic nitrogens is 2. The fourth-order valence-corrected chi connectivity index (χ4v) is 2.54. The Kier molecular flexibility index (Phi) is 4.05. The smallest absolute Gasteiger partial charge is 0.293 e. The normalized spacial score (nSPS) is 25.3. The Hall–Kier alpha value is -1.03. The molecule has 1 aliphatic rings. The first-order valence-corrected chi connectivity index (χ1v) is 6.54. The highest BCUT2D eigenvalue weighted by atomic mass is 35.5. The standard InChI is InChI=1S/C12H18ClN3O/c1-16-8-7-14-11(12(16)17)15-10-6-4-2-3-5-9(10)13/h7-10H,2-6H2,1H3,(H,14,15). The second kappa shape index (κ2) is 5.54. The van der Waals surface area contributed by atoms with Crippen molar-refractivity contribution in [3.8, 4) is 0 Å². The first kappa shape index (κ1) is 12.4. The second-order valence-electron chi connectivity index (χ2n) is 4.60. The van der Waals surface area contributed by atoms with Crippen LogP contribution in [0.5, 0.6) is 0 Å². The van der Waals surface area contributed by atoms with Gasteiger partial charge in [0.05, 0.1) is 5.38 Å². The van der Waals surface area contributed by atoms with Crippen molar-refractivity contribution < 1.29 is 0 Å². The molecule has 1 N–H and O–H groups in total. The zero-order valence-electron chi connectivity index (χ0n) is 10.0. The fraction of sp³-hybridized carbons (Fsp3) is 0.667. The van der Waals surface area contributed by atoms with Crippen molar-refractivity contribution in [1.29, 1.82) is 0 Å². The number of anilines is 1. The predicted octanol–water partition coefficient (Wildman–Crippen LogP) is 2.13. The molecule has 0 bridgehead atoms. The van der Waals surface area contributed by atoms with E-state index < -0.39 is 0 Å². The minimum absolute atomic E-state index is 0.0872. The van der Waals surface area contributed by atoms with Crippen LogP contribution in [0.25, 0.3) is 0 Å². The van der Waals surface area contributed by atoms with Crippen LogP contribution in [0, 0.1) is 0 Å². The lowest BCUT2D eigenvalue weighted by atomic mass is 10.1. The van der Waals surface area contributed by atoms with Gasteiger partial charge in [-0.3, -0.25) is 4.79 Å². The molecule has 2 rings (SSSR count). The molecule has 0 aromatic carbocycles. The van der Waals surface area contributed by atoms with E-state index in [9.17, 15) is 4.79 Å². The van der Waals surface area contributed by atoms with Crippen molar-refractivity contribution in [3.05, 3.63) is 22.7 Å². The highest BCUT2D eigenvalue weighted by Gasteiger charge is 2.22. The summed E-state index contributed by atoms with van der Waals surface area (Å²) >= 11 is 6.33. The van der Waals surface area contributed by atoms with Gasteiger partial charge in [0, 0.05) is 25.5 Å². The number of aryl methyl sites for hydroxylation is 1. The van der Waals surface area contributed by atoms with Crippen LogP contribution in [0.15, 0.2) is 17.2 Å². The maximum atomic E-state index is 11.8. The molecule has 1 saturated carbocycles. The van der Waals surface area contributed by atoms with E-state index in [0.717, 1.165) is 19.3 Å². The van der Waals surface area contributed by atoms with Gasteiger partial charge in [-0.15, -0.1) is 11.6 Å². The Bertz CT molecular complexity index is 432. The van der Waals surface area contributed by atoms with Crippen LogP contribution in [0.3, 0.4) is 0 Å². The monoisotopic (exact) mass is 255 g/mol. The molecule has 0 amide bonds. The van der Waals surface area contributed by atoms with Crippen molar-refractivity contribution in [2.45, 2.75) is 43.5 Å². The van der Waals surface area contributed by atoms with Crippen molar-refractivity contribution >= 4 is 17.4 Å². The molecule has 2 atom stereocenters. The lowest BCUT2D eigenvalue weighted by Gasteiger charge is -2.21. The summed E-state index contributed by atoms with van der Waals surface area (Å²) in [6.07, 6.45) is 8.85. The topological polar surface area (TPSA) is 46.9 Å². The number of rotatable bonds is 2. The second-order valence-corrected chi connectivity index (χ2v) is 5.16. The average Bonchev–Trinajstić information content (AvgIpc) is 2.51. The molecule has 0 aliphatic heterocycles. The molecule has 1 aromatic rings. The Morgan fingerprint density at radius 2 is 2.18 bits per heavy atom. The van der Waals surface area contributed by atoms with Crippen LogP contribution >= 0.6 is 11.6 Å². The molecule has 17 heavy (non-hydrogen) atoms. The van der Waals surface area contributed by atoms with Gasteiger partial charge in [0.1, 0.15) is 0 Å². The van der Waals surface area contributed by atoms with E-state index >= 15 is 0 Å². The van der Waals surface area contributed by atoms with Gasteiger partial charge in [0.25, 0.3) is 5.56 Å². The van der Waals surface area contributed by atoms with E-state index in [2.05, 4.69) is 10.3 Å². The number of halogens is 1. The Labute approximate surface area is 106 Å². The number of nitrogens with one attached hydrogen (secondary N) is 1. The zero-order valence-corrected chi connectivity index (χ0v) is 10.8. The van der Waals surface area contributed by atoms with E-state index in [4.69, 9.17) is 11.6 Å². The average molecular weight is 256 g/mol. The van der Waals surface area contributed by atoms with Crippen molar-refractivity contribution in [2.24, 2.45) is 7.05 Å². The molecular formula is C12H18ClN3O. The Balaban J connectivity index is 2.13. The summed E-state index contributed by atoms with van der Waals surface area (Å²) in [7, 11) is 1.72. The zero-order chi connectivity index (χ0) is 12.3. The first-order chi connectivity index (χ1) is 8.18. The number of nitrogens with zero attached hydrogens (tertiary/aromatic N) is 2. The molecular weight excluding hydrogens is 238 g/mol. The summed E-state index contributed by atoms with van der Waals surface area (Å²) in [5.74, 6) is 0.410. The van der Waals surface area contributed by atoms with E-state index in [-0.39, 0.29) is 17.0 Å². The molecule has 0 spiro atoms. The molecule has 0 radical (unpaired) electrons. The third-order valence-electron chi connectivity index (χ3n) is 3.27. The molecule has 0 saturated heterocycles. The van der Waals surface area contributed by atoms with Crippen LogP contribution in [-0.4, -0.2) is 21.0 Å². The number of hydrogen-bond donors (Lipinski definition) is 1. The van der Waals surface area contributed by atoms with Crippen LogP contribution < -0.4 is 10.9 Å². The van der Waals surface area contributed by atoms with E-state index in [0.29, 0.717) is 5.82 Å². The third-order valence-corrected chi connectivity index (χ3v) is 3.79. The lowest BCUT2D eigenvalue weighted by Crippen LogP contribution is -2.33. The predicted molar refractivity (Wildman–Crippen MR) is 69.6 cm³/mol. The molecule has 5 heteroatoms. The maximum absolute atomic E-state index is 11.8. The molecule has 94 valence electrons. The molecule has 2 unspecified atom stereocenters. The first-order valence-electron chi connectivity index (χ1n) is 6.11. The molecule has 1 aliphatic carbocycles. The summed E-state index contributed by atoms with van der Waals surface area (Å²) in [6, 6.07) is 0.154. The molecule has 1 aromatic heterocycles. The van der Waals surface area contributed by atoms with E-state index in [1.165, 1.54) is 17.4 Å². The molecule has 1 heterocycles. The molecule has 4 nitrogen and oxygen atoms in total. The summed E-state index contributed by atoms with van der Waals surface area (Å²) in [5.41, 5.74) is -0.0967. The van der Waals surface area contributed by atoms with Gasteiger partial charge in [0.15, 0.2) is 5.82 Å². The highest BCUT2D eigenvalue weighted by molar-refractivity contribution is 6.21. The van der Waals surface area contributed by atoms with Gasteiger partial charge in [-0.25, -0.2) is 4.98 Å². The van der Waals surface area contributed by atoms with E-state index in [1.807, 2.05) is 0 Å². The quantitative estimate of drug-likeness (QED) is 0.651. The van der Waals surface area contributed by atoms with Crippen LogP contribution in [0.1, 0.15) is 32.1 Å². The summed E-state index contributed by atoms with van der Waals surface area (Å²) in [6.45, 7) is 0. The van der Waals surface area contributed by atoms with Gasteiger partial charge in [-0.2, -0.15) is 0 Å². The maximum Gasteiger partial charge on any atom is 0.293 e. The Morgan fingerprint density at radius 1 is 1.41 bits per heavy atom. The molecule has 1 fully saturated rings. The van der Waals surface area contributed by atoms with Gasteiger partial charge in [-0.05, 0) is 12.8 Å². The number of alkyl halides is 1. The number of hydrogen-bond acceptors (Lipinski definition) is 3. The lowest BCUT2D eigenvalue weighted by molar-refractivity contribution is 0.622. The third kappa shape index (κ3) is 3.00. The van der Waals surface area contributed by atoms with Gasteiger partial charge in [-0.1, -0.05) is 19.3 Å². The van der Waals surface area contributed by atoms with Crippen molar-refractivity contribution in [2.75, 3.05) is 5.32 Å². The van der Waals surface area contributed by atoms with Crippen LogP contribution in [-0.2, 0) is 7.05 Å². The SMILES string of the molecule is Cn1ccnc(NC2CCCCCC2Cl)c1=O. The van der Waals surface area contributed by atoms with Gasteiger partial charge >= 0.3 is 0 Å². The fourth-order valence-electron chi connectivity index (χ4n) is 2.20. The minimum atomic E-state index is -0.0967. The van der Waals surface area contributed by atoms with Gasteiger partial charge in [0.2, 0.25) is 0 Å². The van der Waals surface area contributed by atoms with E-state index in [1.54, 1.807) is 19.4 Å². The summed E-state index contributed by atoms with van der Waals surface area (Å²) in [5, 5.41) is 3.29. The summed E-state index contributed by atoms with van der Waals surface area (Å²) < 4.78 is 1.52. The van der Waals surface area contributed by atoms with Crippen LogP contribution in [0.2, 0.25) is 0 Å². The minimum Gasteiger partial charge on any atom is -0.361 e. The Morgan fingerprint density at radius 3 is 3.00 bits per heavy atom. The largest absolute Gasteiger partial charge is 0.361 e. The van der Waals surface area contributed by atoms with Gasteiger partial charge < -0.3 is 9.88 Å². The highest BCUT2D eigenvalue weighted by Crippen LogP contribution is 2.23. The van der Waals surface area contributed by atoms with Crippen LogP contribution in [0.4, 0.5) is 5.82 Å². The van der Waals surface area contributed by atoms with Crippen molar-refractivity contribution in [1.82, 2.24) is 9.55 Å². The van der Waals surface area contributed by atoms with Crippen molar-refractivity contribution in [3.63, 3.8) is 0 Å². The summed E-state index contributed by atoms with van der Waals surface area (Å²) in [4.78, 5) is 15.9.